The molecule has 0 atom stereocenters. The minimum absolute atomic E-state index is 0.0865. The van der Waals surface area contributed by atoms with Crippen molar-refractivity contribution in [3.8, 4) is 12.1 Å². The molecule has 104 valence electrons. The molecule has 0 saturated carbocycles. The number of carbonyl (C=O) groups is 1. The van der Waals surface area contributed by atoms with Crippen LogP contribution in [-0.4, -0.2) is 29.1 Å². The molecule has 20 heavy (non-hydrogen) atoms. The molecule has 0 radical (unpaired) electrons. The van der Waals surface area contributed by atoms with E-state index in [1.54, 1.807) is 36.6 Å². The largest absolute Gasteiger partial charge is 0.478 e. The summed E-state index contributed by atoms with van der Waals surface area (Å²) in [4.78, 5) is 11.2. The van der Waals surface area contributed by atoms with Crippen molar-refractivity contribution in [2.45, 2.75) is 0 Å². The lowest BCUT2D eigenvalue weighted by Gasteiger charge is -2.14. The molecule has 0 rings (SSSR count). The van der Waals surface area contributed by atoms with Crippen LogP contribution in [0.3, 0.4) is 0 Å². The molecule has 0 aliphatic carbocycles. The molecule has 0 aromatic heterocycles. The Morgan fingerprint density at radius 2 is 1.60 bits per heavy atom. The first-order valence-corrected chi connectivity index (χ1v) is 5.55. The van der Waals surface area contributed by atoms with Crippen molar-refractivity contribution in [1.29, 1.82) is 10.5 Å². The maximum atomic E-state index is 9.25. The predicted octanol–water partition coefficient (Wildman–Crippen LogP) is 2.40. The molecular formula is C15H17N3O2. The standard InChI is InChI=1S/C12H13N3.C3H4O2/c1-3-7-15(8-4-2)9-5-6-12(10-13)11-14;1-2-3(4)5/h3-6,9H,1-2,7-8H2;2H,1H2,(H,4,5). The van der Waals surface area contributed by atoms with Crippen molar-refractivity contribution in [3.63, 3.8) is 0 Å². The van der Waals surface area contributed by atoms with Crippen LogP contribution in [0.4, 0.5) is 0 Å². The van der Waals surface area contributed by atoms with Crippen molar-refractivity contribution in [3.05, 3.63) is 61.9 Å². The van der Waals surface area contributed by atoms with E-state index in [0.29, 0.717) is 13.1 Å². The Labute approximate surface area is 119 Å². The molecule has 0 aromatic carbocycles. The van der Waals surface area contributed by atoms with Gasteiger partial charge in [0.1, 0.15) is 17.7 Å². The molecule has 0 spiro atoms. The zero-order valence-corrected chi connectivity index (χ0v) is 11.2. The SMILES string of the molecule is C=CC(=O)O.C=CCN(C=CC=C(C#N)C#N)CC=C. The van der Waals surface area contributed by atoms with Crippen molar-refractivity contribution >= 4 is 5.97 Å². The molecule has 5 heteroatoms. The van der Waals surface area contributed by atoms with Gasteiger partial charge in [0.05, 0.1) is 0 Å². The summed E-state index contributed by atoms with van der Waals surface area (Å²) >= 11 is 0. The molecule has 0 fully saturated rings. The summed E-state index contributed by atoms with van der Waals surface area (Å²) in [6, 6.07) is 3.56. The van der Waals surface area contributed by atoms with Gasteiger partial charge in [-0.25, -0.2) is 4.79 Å². The third-order valence-electron chi connectivity index (χ3n) is 1.70. The number of aliphatic carboxylic acids is 1. The molecule has 0 amide bonds. The number of hydrogen-bond donors (Lipinski definition) is 1. The number of carboxylic acids is 1. The monoisotopic (exact) mass is 271 g/mol. The Morgan fingerprint density at radius 3 is 1.90 bits per heavy atom. The highest BCUT2D eigenvalue weighted by Gasteiger charge is 1.91. The highest BCUT2D eigenvalue weighted by atomic mass is 16.4. The third kappa shape index (κ3) is 13.0. The summed E-state index contributed by atoms with van der Waals surface area (Å²) in [5, 5.41) is 24.6. The molecule has 1 N–H and O–H groups in total. The van der Waals surface area contributed by atoms with Crippen LogP contribution >= 0.6 is 0 Å². The summed E-state index contributed by atoms with van der Waals surface area (Å²) in [5.74, 6) is -0.981. The fourth-order valence-electron chi connectivity index (χ4n) is 0.888. The van der Waals surface area contributed by atoms with Gasteiger partial charge in [0.2, 0.25) is 0 Å². The van der Waals surface area contributed by atoms with Crippen molar-refractivity contribution < 1.29 is 9.90 Å². The molecular weight excluding hydrogens is 254 g/mol. The zero-order chi connectivity index (χ0) is 15.8. The highest BCUT2D eigenvalue weighted by Crippen LogP contribution is 1.94. The molecule has 0 aliphatic rings. The van der Waals surface area contributed by atoms with Crippen molar-refractivity contribution in [2.75, 3.05) is 13.1 Å². The topological polar surface area (TPSA) is 88.1 Å². The van der Waals surface area contributed by atoms with Crippen LogP contribution < -0.4 is 0 Å². The van der Waals surface area contributed by atoms with Crippen LogP contribution in [0.25, 0.3) is 0 Å². The lowest BCUT2D eigenvalue weighted by molar-refractivity contribution is -0.131. The van der Waals surface area contributed by atoms with Crippen LogP contribution in [0, 0.1) is 22.7 Å². The van der Waals surface area contributed by atoms with Gasteiger partial charge >= 0.3 is 5.97 Å². The Morgan fingerprint density at radius 1 is 1.15 bits per heavy atom. The van der Waals surface area contributed by atoms with Gasteiger partial charge in [-0.1, -0.05) is 18.7 Å². The Hall–Kier alpha value is -3.05. The Balaban J connectivity index is 0. The van der Waals surface area contributed by atoms with Crippen molar-refractivity contribution in [2.24, 2.45) is 0 Å². The smallest absolute Gasteiger partial charge is 0.327 e. The molecule has 0 saturated heterocycles. The first kappa shape index (κ1) is 19.3. The van der Waals surface area contributed by atoms with E-state index < -0.39 is 5.97 Å². The van der Waals surface area contributed by atoms with Gasteiger partial charge in [0, 0.05) is 19.2 Å². The van der Waals surface area contributed by atoms with E-state index in [1.807, 2.05) is 4.90 Å². The zero-order valence-electron chi connectivity index (χ0n) is 11.2. The van der Waals surface area contributed by atoms with Crippen molar-refractivity contribution in [1.82, 2.24) is 4.90 Å². The Bertz CT molecular complexity index is 450. The normalized spacial score (nSPS) is 8.10. The highest BCUT2D eigenvalue weighted by molar-refractivity contribution is 5.78. The summed E-state index contributed by atoms with van der Waals surface area (Å²) < 4.78 is 0. The Kier molecular flexibility index (Phi) is 13.5. The number of carboxylic acid groups (broad SMARTS) is 1. The van der Waals surface area contributed by atoms with Gasteiger partial charge in [-0.3, -0.25) is 0 Å². The summed E-state index contributed by atoms with van der Waals surface area (Å²) in [7, 11) is 0. The van der Waals surface area contributed by atoms with Gasteiger partial charge < -0.3 is 10.0 Å². The summed E-state index contributed by atoms with van der Waals surface area (Å²) in [6.45, 7) is 11.6. The maximum Gasteiger partial charge on any atom is 0.327 e. The quantitative estimate of drug-likeness (QED) is 0.332. The van der Waals surface area contributed by atoms with Gasteiger partial charge in [0.25, 0.3) is 0 Å². The van der Waals surface area contributed by atoms with Gasteiger partial charge in [0.15, 0.2) is 0 Å². The second-order valence-electron chi connectivity index (χ2n) is 3.22. The fraction of sp³-hybridized carbons (Fsp3) is 0.133. The van der Waals surface area contributed by atoms with Crippen LogP contribution in [0.1, 0.15) is 0 Å². The van der Waals surface area contributed by atoms with E-state index in [9.17, 15) is 4.79 Å². The van der Waals surface area contributed by atoms with Gasteiger partial charge in [-0.2, -0.15) is 10.5 Å². The average Bonchev–Trinajstić information content (AvgIpc) is 2.44. The number of nitrogens with zero attached hydrogens (tertiary/aromatic N) is 3. The predicted molar refractivity (Wildman–Crippen MR) is 78.2 cm³/mol. The minimum Gasteiger partial charge on any atom is -0.478 e. The van der Waals surface area contributed by atoms with E-state index in [1.165, 1.54) is 6.08 Å². The minimum atomic E-state index is -0.981. The van der Waals surface area contributed by atoms with Gasteiger partial charge in [-0.15, -0.1) is 13.2 Å². The lowest BCUT2D eigenvalue weighted by atomic mass is 10.3. The number of allylic oxidation sites excluding steroid dienone is 3. The number of hydrogen-bond acceptors (Lipinski definition) is 4. The first-order valence-electron chi connectivity index (χ1n) is 5.55. The van der Waals surface area contributed by atoms with E-state index in [2.05, 4.69) is 19.7 Å². The first-order chi connectivity index (χ1) is 9.55. The van der Waals surface area contributed by atoms with E-state index in [0.717, 1.165) is 6.08 Å². The number of rotatable bonds is 7. The molecule has 0 aliphatic heterocycles. The molecule has 0 aromatic rings. The second kappa shape index (κ2) is 14.0. The second-order valence-corrected chi connectivity index (χ2v) is 3.22. The molecule has 0 heterocycles. The summed E-state index contributed by atoms with van der Waals surface area (Å²) in [6.07, 6.45) is 9.30. The van der Waals surface area contributed by atoms with Crippen LogP contribution in [0.2, 0.25) is 0 Å². The number of nitriles is 2. The fourth-order valence-corrected chi connectivity index (χ4v) is 0.888. The van der Waals surface area contributed by atoms with E-state index in [-0.39, 0.29) is 5.57 Å². The van der Waals surface area contributed by atoms with E-state index >= 15 is 0 Å². The lowest BCUT2D eigenvalue weighted by Crippen LogP contribution is -2.16. The molecule has 5 nitrogen and oxygen atoms in total. The third-order valence-corrected chi connectivity index (χ3v) is 1.70. The molecule has 0 bridgehead atoms. The maximum absolute atomic E-state index is 9.25. The van der Waals surface area contributed by atoms with Crippen LogP contribution in [0.15, 0.2) is 61.9 Å². The molecule has 0 unspecified atom stereocenters. The van der Waals surface area contributed by atoms with E-state index in [4.69, 9.17) is 15.6 Å². The summed E-state index contributed by atoms with van der Waals surface area (Å²) in [5.41, 5.74) is 0.0865. The van der Waals surface area contributed by atoms with Gasteiger partial charge in [-0.05, 0) is 18.4 Å². The average molecular weight is 271 g/mol. The van der Waals surface area contributed by atoms with Crippen LogP contribution in [0.5, 0.6) is 0 Å². The van der Waals surface area contributed by atoms with Crippen LogP contribution in [-0.2, 0) is 4.79 Å².